The summed E-state index contributed by atoms with van der Waals surface area (Å²) in [5, 5.41) is 0. The summed E-state index contributed by atoms with van der Waals surface area (Å²) in [5.41, 5.74) is 0. The average Bonchev–Trinajstić information content (AvgIpc) is 2.33. The van der Waals surface area contributed by atoms with E-state index in [0.29, 0.717) is 5.75 Å². The maximum Gasteiger partial charge on any atom is 0.535 e. The van der Waals surface area contributed by atoms with Gasteiger partial charge in [-0.2, -0.15) is 13.3 Å². The van der Waals surface area contributed by atoms with Gasteiger partial charge in [-0.3, -0.25) is 0 Å². The number of halogens is 1. The van der Waals surface area contributed by atoms with Crippen LogP contribution in [0.3, 0.4) is 0 Å². The van der Waals surface area contributed by atoms with Gasteiger partial charge in [0, 0.05) is 10.6 Å². The monoisotopic (exact) mass is 345 g/mol. The summed E-state index contributed by atoms with van der Waals surface area (Å²) in [6.45, 7) is 1.87. The predicted octanol–water partition coefficient (Wildman–Crippen LogP) is 2.98. The molecule has 0 aliphatic heterocycles. The van der Waals surface area contributed by atoms with Gasteiger partial charge in [0.05, 0.1) is 0 Å². The molecule has 0 aliphatic carbocycles. The molecule has 1 aromatic carbocycles. The van der Waals surface area contributed by atoms with Gasteiger partial charge >= 0.3 is 18.1 Å². The van der Waals surface area contributed by atoms with Gasteiger partial charge in [0.2, 0.25) is 0 Å². The van der Waals surface area contributed by atoms with Crippen LogP contribution in [0.4, 0.5) is 4.39 Å². The van der Waals surface area contributed by atoms with Crippen molar-refractivity contribution in [3.05, 3.63) is 24.0 Å². The van der Waals surface area contributed by atoms with Gasteiger partial charge in [-0.1, -0.05) is 34.6 Å². The van der Waals surface area contributed by atoms with E-state index >= 15 is 0 Å². The van der Waals surface area contributed by atoms with Crippen LogP contribution in [0.1, 0.15) is 6.92 Å². The van der Waals surface area contributed by atoms with Crippen LogP contribution < -0.4 is 0 Å². The fourth-order valence-corrected chi connectivity index (χ4v) is 5.04. The van der Waals surface area contributed by atoms with E-state index in [2.05, 4.69) is 4.18 Å². The number of rotatable bonds is 7. The quantitative estimate of drug-likeness (QED) is 0.462. The molecule has 0 bridgehead atoms. The minimum atomic E-state index is -4.40. The molecule has 1 rings (SSSR count). The van der Waals surface area contributed by atoms with Gasteiger partial charge in [-0.05, 0) is 16.7 Å². The Kier molecular flexibility index (Phi) is 6.72. The lowest BCUT2D eigenvalue weighted by molar-refractivity contribution is 0.351. The molecule has 0 saturated heterocycles. The summed E-state index contributed by atoms with van der Waals surface area (Å²) in [5.74, 6) is -0.237. The first-order valence-electron chi connectivity index (χ1n) is 4.99. The summed E-state index contributed by atoms with van der Waals surface area (Å²) in [6.07, 6.45) is -0.892. The lowest BCUT2D eigenvalue weighted by atomic mass is 10.3. The van der Waals surface area contributed by atoms with Crippen molar-refractivity contribution in [3.8, 4) is 0 Å². The summed E-state index contributed by atoms with van der Waals surface area (Å²) in [6, 6.07) is 3.83. The highest BCUT2D eigenvalue weighted by atomic mass is 33.1. The maximum atomic E-state index is 13.7. The number of benzene rings is 1. The lowest BCUT2D eigenvalue weighted by Crippen LogP contribution is -2.09. The van der Waals surface area contributed by atoms with Crippen molar-refractivity contribution in [2.24, 2.45) is 0 Å². The van der Waals surface area contributed by atoms with Crippen LogP contribution in [0, 0.1) is 5.82 Å². The molecule has 0 spiro atoms. The van der Waals surface area contributed by atoms with Gasteiger partial charge in [-0.15, -0.1) is 0 Å². The van der Waals surface area contributed by atoms with E-state index in [1.807, 2.05) is 6.92 Å². The second kappa shape index (κ2) is 7.56. The van der Waals surface area contributed by atoms with E-state index < -0.39 is 35.2 Å². The van der Waals surface area contributed by atoms with E-state index in [1.165, 1.54) is 22.9 Å². The Balaban J connectivity index is 3.12. The Labute approximate surface area is 119 Å². The van der Waals surface area contributed by atoms with Gasteiger partial charge in [0.15, 0.2) is 0 Å². The van der Waals surface area contributed by atoms with Crippen molar-refractivity contribution < 1.29 is 26.4 Å². The smallest absolute Gasteiger partial charge is 0.213 e. The normalized spacial score (nSPS) is 12.5. The van der Waals surface area contributed by atoms with E-state index in [0.717, 1.165) is 16.9 Å². The Bertz CT molecular complexity index is 563. The fraction of sp³-hybridized carbons (Fsp3) is 0.333. The van der Waals surface area contributed by atoms with Crippen LogP contribution >= 0.6 is 29.6 Å². The second-order valence-corrected chi connectivity index (χ2v) is 8.25. The van der Waals surface area contributed by atoms with E-state index in [1.54, 1.807) is 0 Å². The third-order valence-corrected chi connectivity index (χ3v) is 6.24. The molecular weight excluding hydrogens is 334 g/mol. The van der Waals surface area contributed by atoms with Gasteiger partial charge in [0.1, 0.15) is 10.7 Å². The molecule has 10 heteroatoms. The highest BCUT2D eigenvalue weighted by Crippen LogP contribution is 2.37. The number of hydrogen-bond acceptors (Lipinski definition) is 6. The topological polar surface area (TPSA) is 80.7 Å². The van der Waals surface area contributed by atoms with Crippen LogP contribution in [0.5, 0.6) is 0 Å². The molecule has 1 unspecified atom stereocenters. The second-order valence-electron chi connectivity index (χ2n) is 3.11. The molecule has 19 heavy (non-hydrogen) atoms. The van der Waals surface area contributed by atoms with Crippen molar-refractivity contribution in [2.45, 2.75) is 16.7 Å². The van der Waals surface area contributed by atoms with Crippen LogP contribution in [-0.2, 0) is 18.9 Å². The third kappa shape index (κ3) is 5.02. The molecular formula is C9H11FO5PS3+. The molecule has 1 atom stereocenters. The minimum Gasteiger partial charge on any atom is -0.213 e. The van der Waals surface area contributed by atoms with Gasteiger partial charge in [0.25, 0.3) is 6.35 Å². The Hall–Kier alpha value is -0.180. The van der Waals surface area contributed by atoms with E-state index in [4.69, 9.17) is 4.89 Å². The van der Waals surface area contributed by atoms with Gasteiger partial charge < -0.3 is 0 Å². The lowest BCUT2D eigenvalue weighted by Gasteiger charge is -2.08. The fourth-order valence-electron chi connectivity index (χ4n) is 1.09. The van der Waals surface area contributed by atoms with E-state index in [-0.39, 0.29) is 4.90 Å². The first-order valence-corrected chi connectivity index (χ1v) is 10.1. The van der Waals surface area contributed by atoms with Crippen LogP contribution in [0.2, 0.25) is 0 Å². The number of hydrogen-bond donors (Lipinski definition) is 1. The van der Waals surface area contributed by atoms with Crippen molar-refractivity contribution in [2.75, 3.05) is 12.1 Å². The Morgan fingerprint density at radius 1 is 1.47 bits per heavy atom. The Morgan fingerprint density at radius 3 is 2.74 bits per heavy atom. The average molecular weight is 345 g/mol. The van der Waals surface area contributed by atoms with Gasteiger partial charge in [-0.25, -0.2) is 8.57 Å². The maximum absolute atomic E-state index is 13.7. The van der Waals surface area contributed by atoms with Crippen molar-refractivity contribution >= 4 is 39.7 Å². The van der Waals surface area contributed by atoms with Crippen LogP contribution in [-0.4, -0.2) is 25.4 Å². The minimum absolute atomic E-state index is 0.194. The van der Waals surface area contributed by atoms with Crippen LogP contribution in [0.15, 0.2) is 28.0 Å². The molecule has 1 aromatic rings. The molecule has 0 amide bonds. The van der Waals surface area contributed by atoms with Crippen LogP contribution in [0.25, 0.3) is 0 Å². The molecule has 5 nitrogen and oxygen atoms in total. The largest absolute Gasteiger partial charge is 0.535 e. The zero-order valence-corrected chi connectivity index (χ0v) is 13.1. The zero-order chi connectivity index (χ0) is 14.5. The molecule has 0 radical (unpaired) electrons. The molecule has 0 saturated carbocycles. The molecule has 0 heterocycles. The van der Waals surface area contributed by atoms with Crippen molar-refractivity contribution in [3.63, 3.8) is 0 Å². The Morgan fingerprint density at radius 2 is 2.16 bits per heavy atom. The summed E-state index contributed by atoms with van der Waals surface area (Å²) < 4.78 is 52.1. The third-order valence-electron chi connectivity index (χ3n) is 1.77. The SMILES string of the molecule is CCSSc1cccc(F)c1S(=O)(=O)OC[P+](=O)O. The van der Waals surface area contributed by atoms with Crippen molar-refractivity contribution in [1.29, 1.82) is 0 Å². The van der Waals surface area contributed by atoms with E-state index in [9.17, 15) is 17.4 Å². The predicted molar refractivity (Wildman–Crippen MR) is 73.4 cm³/mol. The molecule has 0 aliphatic rings. The molecule has 106 valence electrons. The highest BCUT2D eigenvalue weighted by molar-refractivity contribution is 8.76. The summed E-state index contributed by atoms with van der Waals surface area (Å²) >= 11 is 0. The molecule has 0 aromatic heterocycles. The summed E-state index contributed by atoms with van der Waals surface area (Å²) in [4.78, 5) is 8.15. The summed E-state index contributed by atoms with van der Waals surface area (Å²) in [7, 11) is -4.72. The molecule has 0 fully saturated rings. The highest BCUT2D eigenvalue weighted by Gasteiger charge is 2.28. The zero-order valence-electron chi connectivity index (χ0n) is 9.78. The molecule has 1 N–H and O–H groups in total. The standard InChI is InChI=1S/C9H10FO5PS3/c1-2-17-18-8-5-3-4-7(10)9(8)19(13,14)15-6-16(11)12/h3-5H,2,6H2,1H3/p+1. The first kappa shape index (κ1) is 16.9. The first-order chi connectivity index (χ1) is 8.88. The van der Waals surface area contributed by atoms with Crippen molar-refractivity contribution in [1.82, 2.24) is 0 Å².